The Labute approximate surface area is 126 Å². The first kappa shape index (κ1) is 15.1. The van der Waals surface area contributed by atoms with Gasteiger partial charge in [0.2, 0.25) is 0 Å². The minimum absolute atomic E-state index is 0.0898. The van der Waals surface area contributed by atoms with Gasteiger partial charge in [-0.25, -0.2) is 0 Å². The molecule has 0 spiro atoms. The van der Waals surface area contributed by atoms with Crippen molar-refractivity contribution in [2.24, 2.45) is 0 Å². The zero-order chi connectivity index (χ0) is 15.1. The Bertz CT molecular complexity index is 581. The molecule has 0 aromatic heterocycles. The summed E-state index contributed by atoms with van der Waals surface area (Å²) in [6, 6.07) is 17.7. The van der Waals surface area contributed by atoms with Crippen molar-refractivity contribution in [1.82, 2.24) is 5.32 Å². The quantitative estimate of drug-likeness (QED) is 0.882. The highest BCUT2D eigenvalue weighted by Gasteiger charge is 2.13. The topological polar surface area (TPSA) is 38.3 Å². The molecular formula is C18H21NO2. The van der Waals surface area contributed by atoms with Crippen molar-refractivity contribution in [2.75, 3.05) is 7.11 Å². The van der Waals surface area contributed by atoms with E-state index >= 15 is 0 Å². The minimum atomic E-state index is -0.0898. The van der Waals surface area contributed by atoms with Crippen LogP contribution in [0.25, 0.3) is 0 Å². The lowest BCUT2D eigenvalue weighted by Crippen LogP contribution is -2.33. The summed E-state index contributed by atoms with van der Waals surface area (Å²) < 4.78 is 5.22. The molecule has 21 heavy (non-hydrogen) atoms. The molecule has 3 heteroatoms. The third kappa shape index (κ3) is 4.35. The van der Waals surface area contributed by atoms with Gasteiger partial charge in [-0.3, -0.25) is 4.79 Å². The zero-order valence-electron chi connectivity index (χ0n) is 12.5. The molecular weight excluding hydrogens is 262 g/mol. The molecule has 3 nitrogen and oxygen atoms in total. The first-order valence-electron chi connectivity index (χ1n) is 7.18. The maximum atomic E-state index is 12.3. The predicted molar refractivity (Wildman–Crippen MR) is 84.7 cm³/mol. The second kappa shape index (κ2) is 7.48. The minimum Gasteiger partial charge on any atom is -0.496 e. The standard InChI is InChI=1S/C18H21NO2/c1-14(12-13-15-8-4-3-5-9-15)19-18(20)16-10-6-7-11-17(16)21-2/h3-11,14H,12-13H2,1-2H3,(H,19,20). The Morgan fingerprint density at radius 3 is 2.48 bits per heavy atom. The molecule has 1 amide bonds. The Morgan fingerprint density at radius 2 is 1.76 bits per heavy atom. The SMILES string of the molecule is COc1ccccc1C(=O)NC(C)CCc1ccccc1. The third-order valence-electron chi connectivity index (χ3n) is 3.44. The van der Waals surface area contributed by atoms with Gasteiger partial charge < -0.3 is 10.1 Å². The summed E-state index contributed by atoms with van der Waals surface area (Å²) in [7, 11) is 1.57. The van der Waals surface area contributed by atoms with Crippen LogP contribution in [-0.2, 0) is 6.42 Å². The van der Waals surface area contributed by atoms with Crippen LogP contribution in [0, 0.1) is 0 Å². The zero-order valence-corrected chi connectivity index (χ0v) is 12.5. The van der Waals surface area contributed by atoms with Crippen molar-refractivity contribution in [1.29, 1.82) is 0 Å². The van der Waals surface area contributed by atoms with E-state index in [4.69, 9.17) is 4.74 Å². The van der Waals surface area contributed by atoms with Gasteiger partial charge in [-0.15, -0.1) is 0 Å². The molecule has 0 aliphatic heterocycles. The maximum Gasteiger partial charge on any atom is 0.255 e. The van der Waals surface area contributed by atoms with Gasteiger partial charge in [0.05, 0.1) is 12.7 Å². The van der Waals surface area contributed by atoms with E-state index in [1.54, 1.807) is 19.2 Å². The Balaban J connectivity index is 1.90. The number of amides is 1. The van der Waals surface area contributed by atoms with Crippen molar-refractivity contribution in [3.63, 3.8) is 0 Å². The number of nitrogens with one attached hydrogen (secondary N) is 1. The number of carbonyl (C=O) groups is 1. The smallest absolute Gasteiger partial charge is 0.255 e. The molecule has 1 atom stereocenters. The predicted octanol–water partition coefficient (Wildman–Crippen LogP) is 3.45. The number of ether oxygens (including phenoxy) is 1. The van der Waals surface area contributed by atoms with Crippen molar-refractivity contribution in [2.45, 2.75) is 25.8 Å². The molecule has 2 aromatic rings. The summed E-state index contributed by atoms with van der Waals surface area (Å²) in [6.07, 6.45) is 1.86. The Morgan fingerprint density at radius 1 is 1.10 bits per heavy atom. The van der Waals surface area contributed by atoms with E-state index in [1.807, 2.05) is 37.3 Å². The lowest BCUT2D eigenvalue weighted by Gasteiger charge is -2.15. The van der Waals surface area contributed by atoms with Crippen LogP contribution in [0.4, 0.5) is 0 Å². The molecule has 110 valence electrons. The van der Waals surface area contributed by atoms with Crippen LogP contribution in [0.1, 0.15) is 29.3 Å². The van der Waals surface area contributed by atoms with E-state index in [9.17, 15) is 4.79 Å². The molecule has 0 saturated heterocycles. The Kier molecular flexibility index (Phi) is 5.38. The molecule has 0 bridgehead atoms. The van der Waals surface area contributed by atoms with Crippen LogP contribution in [0.3, 0.4) is 0 Å². The second-order valence-electron chi connectivity index (χ2n) is 5.10. The average Bonchev–Trinajstić information content (AvgIpc) is 2.53. The average molecular weight is 283 g/mol. The molecule has 0 aliphatic rings. The van der Waals surface area contributed by atoms with Gasteiger partial charge in [0.15, 0.2) is 0 Å². The number of aryl methyl sites for hydroxylation is 1. The summed E-state index contributed by atoms with van der Waals surface area (Å²) in [4.78, 5) is 12.3. The van der Waals surface area contributed by atoms with Crippen LogP contribution in [0.5, 0.6) is 5.75 Å². The number of para-hydroxylation sites is 1. The third-order valence-corrected chi connectivity index (χ3v) is 3.44. The van der Waals surface area contributed by atoms with Gasteiger partial charge in [0, 0.05) is 6.04 Å². The van der Waals surface area contributed by atoms with Crippen LogP contribution >= 0.6 is 0 Å². The molecule has 1 unspecified atom stereocenters. The van der Waals surface area contributed by atoms with E-state index in [1.165, 1.54) is 5.56 Å². The Hall–Kier alpha value is -2.29. The van der Waals surface area contributed by atoms with E-state index in [2.05, 4.69) is 17.4 Å². The summed E-state index contributed by atoms with van der Waals surface area (Å²) in [5.41, 5.74) is 1.86. The summed E-state index contributed by atoms with van der Waals surface area (Å²) in [6.45, 7) is 2.02. The number of carbonyl (C=O) groups excluding carboxylic acids is 1. The van der Waals surface area contributed by atoms with E-state index in [-0.39, 0.29) is 11.9 Å². The van der Waals surface area contributed by atoms with E-state index in [0.29, 0.717) is 11.3 Å². The van der Waals surface area contributed by atoms with Gasteiger partial charge >= 0.3 is 0 Å². The molecule has 0 fully saturated rings. The van der Waals surface area contributed by atoms with Crippen LogP contribution in [-0.4, -0.2) is 19.1 Å². The highest BCUT2D eigenvalue weighted by molar-refractivity contribution is 5.97. The van der Waals surface area contributed by atoms with Crippen LogP contribution < -0.4 is 10.1 Å². The van der Waals surface area contributed by atoms with Gasteiger partial charge in [-0.2, -0.15) is 0 Å². The summed E-state index contributed by atoms with van der Waals surface area (Å²) in [5, 5.41) is 3.02. The lowest BCUT2D eigenvalue weighted by atomic mass is 10.1. The van der Waals surface area contributed by atoms with E-state index in [0.717, 1.165) is 12.8 Å². The van der Waals surface area contributed by atoms with Crippen molar-refractivity contribution in [3.8, 4) is 5.75 Å². The molecule has 0 saturated carbocycles. The molecule has 2 aromatic carbocycles. The normalized spacial score (nSPS) is 11.7. The second-order valence-corrected chi connectivity index (χ2v) is 5.10. The maximum absolute atomic E-state index is 12.3. The van der Waals surface area contributed by atoms with Crippen molar-refractivity contribution < 1.29 is 9.53 Å². The van der Waals surface area contributed by atoms with Crippen molar-refractivity contribution in [3.05, 3.63) is 65.7 Å². The monoisotopic (exact) mass is 283 g/mol. The first-order valence-corrected chi connectivity index (χ1v) is 7.18. The first-order chi connectivity index (χ1) is 10.2. The van der Waals surface area contributed by atoms with Gasteiger partial charge in [0.25, 0.3) is 5.91 Å². The molecule has 0 aliphatic carbocycles. The molecule has 0 heterocycles. The number of methoxy groups -OCH3 is 1. The van der Waals surface area contributed by atoms with Gasteiger partial charge in [-0.1, -0.05) is 42.5 Å². The summed E-state index contributed by atoms with van der Waals surface area (Å²) >= 11 is 0. The van der Waals surface area contributed by atoms with Crippen LogP contribution in [0.2, 0.25) is 0 Å². The number of benzene rings is 2. The molecule has 0 radical (unpaired) electrons. The number of rotatable bonds is 6. The number of hydrogen-bond donors (Lipinski definition) is 1. The lowest BCUT2D eigenvalue weighted by molar-refractivity contribution is 0.0935. The van der Waals surface area contributed by atoms with Gasteiger partial charge in [-0.05, 0) is 37.5 Å². The molecule has 2 rings (SSSR count). The largest absolute Gasteiger partial charge is 0.496 e. The fourth-order valence-electron chi connectivity index (χ4n) is 2.23. The fraction of sp³-hybridized carbons (Fsp3) is 0.278. The highest BCUT2D eigenvalue weighted by atomic mass is 16.5. The van der Waals surface area contributed by atoms with Gasteiger partial charge in [0.1, 0.15) is 5.75 Å². The summed E-state index contributed by atoms with van der Waals surface area (Å²) in [5.74, 6) is 0.512. The van der Waals surface area contributed by atoms with E-state index < -0.39 is 0 Å². The molecule has 1 N–H and O–H groups in total. The fourth-order valence-corrected chi connectivity index (χ4v) is 2.23. The number of hydrogen-bond acceptors (Lipinski definition) is 2. The van der Waals surface area contributed by atoms with Crippen LogP contribution in [0.15, 0.2) is 54.6 Å². The highest BCUT2D eigenvalue weighted by Crippen LogP contribution is 2.17. The van der Waals surface area contributed by atoms with Crippen molar-refractivity contribution >= 4 is 5.91 Å².